The molecule has 15 aromatic carbocycles. The Morgan fingerprint density at radius 1 is 0.241 bits per heavy atom. The first-order valence-corrected chi connectivity index (χ1v) is 41.4. The van der Waals surface area contributed by atoms with Crippen molar-refractivity contribution < 1.29 is 4.42 Å². The van der Waals surface area contributed by atoms with Crippen LogP contribution in [0.1, 0.15) is 132 Å². The largest absolute Gasteiger partial charge is 0.455 e. The van der Waals surface area contributed by atoms with Gasteiger partial charge in [0.15, 0.2) is 0 Å². The maximum Gasteiger partial charge on any atom is 0.252 e. The summed E-state index contributed by atoms with van der Waals surface area (Å²) in [4.78, 5) is 5.45. The molecular weight excluding hydrogens is 1400 g/mol. The molecule has 20 rings (SSSR count). The van der Waals surface area contributed by atoms with Gasteiger partial charge in [0.25, 0.3) is 6.71 Å². The first-order valence-electron chi connectivity index (χ1n) is 41.4. The summed E-state index contributed by atoms with van der Waals surface area (Å²) in [5.74, 6) is 0. The van der Waals surface area contributed by atoms with Gasteiger partial charge >= 0.3 is 0 Å². The Hall–Kier alpha value is -12.6. The number of anilines is 6. The topological polar surface area (TPSA) is 29.5 Å². The van der Waals surface area contributed by atoms with Gasteiger partial charge in [-0.1, -0.05) is 316 Å². The number of nitrogens with zero attached hydrogens (tertiary/aromatic N) is 4. The Balaban J connectivity index is 0.970. The van der Waals surface area contributed by atoms with Crippen LogP contribution in [0.4, 0.5) is 34.1 Å². The van der Waals surface area contributed by atoms with Crippen LogP contribution in [0.25, 0.3) is 133 Å². The predicted octanol–water partition coefficient (Wildman–Crippen LogP) is 28.7. The smallest absolute Gasteiger partial charge is 0.252 e. The zero-order valence-corrected chi connectivity index (χ0v) is 69.3. The second kappa shape index (κ2) is 26.5. The summed E-state index contributed by atoms with van der Waals surface area (Å²) in [6.45, 7) is 34.9. The van der Waals surface area contributed by atoms with Crippen molar-refractivity contribution in [2.24, 2.45) is 0 Å². The van der Waals surface area contributed by atoms with E-state index in [4.69, 9.17) is 4.42 Å². The van der Waals surface area contributed by atoms with E-state index in [1.54, 1.807) is 0 Å². The average molecular weight is 1500 g/mol. The van der Waals surface area contributed by atoms with E-state index >= 15 is 0 Å². The summed E-state index contributed by atoms with van der Waals surface area (Å²) < 4.78 is 12.5. The van der Waals surface area contributed by atoms with E-state index in [1.807, 2.05) is 0 Å². The lowest BCUT2D eigenvalue weighted by Crippen LogP contribution is -2.61. The van der Waals surface area contributed by atoms with E-state index in [-0.39, 0.29) is 33.8 Å². The van der Waals surface area contributed by atoms with E-state index in [9.17, 15) is 0 Å². The van der Waals surface area contributed by atoms with Crippen LogP contribution in [0.5, 0.6) is 0 Å². The Bertz CT molecular complexity index is 6820. The van der Waals surface area contributed by atoms with Crippen LogP contribution < -0.4 is 26.2 Å². The van der Waals surface area contributed by atoms with Gasteiger partial charge in [0, 0.05) is 94.3 Å². The van der Waals surface area contributed by atoms with Crippen LogP contribution in [0.3, 0.4) is 0 Å². The fraction of sp³-hybridized carbons (Fsp3) is 0.182. The van der Waals surface area contributed by atoms with Crippen LogP contribution in [-0.2, 0) is 27.1 Å². The van der Waals surface area contributed by atoms with Gasteiger partial charge < -0.3 is 23.4 Å². The summed E-state index contributed by atoms with van der Waals surface area (Å²) in [6.07, 6.45) is 0. The van der Waals surface area contributed by atoms with Crippen molar-refractivity contribution in [2.45, 2.75) is 131 Å². The molecule has 0 aliphatic carbocycles. The highest BCUT2D eigenvalue weighted by molar-refractivity contribution is 7.00. The van der Waals surface area contributed by atoms with Crippen LogP contribution in [0.2, 0.25) is 0 Å². The molecule has 0 saturated heterocycles. The van der Waals surface area contributed by atoms with Crippen molar-refractivity contribution >= 4 is 123 Å². The van der Waals surface area contributed by atoms with Crippen molar-refractivity contribution in [1.29, 1.82) is 0 Å². The number of hydrogen-bond acceptors (Lipinski definition) is 3. The Morgan fingerprint density at radius 3 is 1.02 bits per heavy atom. The molecule has 0 amide bonds. The molecule has 2 aliphatic heterocycles. The zero-order chi connectivity index (χ0) is 79.8. The van der Waals surface area contributed by atoms with Gasteiger partial charge in [-0.25, -0.2) is 0 Å². The third-order valence-corrected chi connectivity index (χ3v) is 25.1. The zero-order valence-electron chi connectivity index (χ0n) is 69.3. The fourth-order valence-corrected chi connectivity index (χ4v) is 18.8. The molecule has 566 valence electrons. The van der Waals surface area contributed by atoms with E-state index < -0.39 is 0 Å². The van der Waals surface area contributed by atoms with Crippen LogP contribution in [0.15, 0.2) is 320 Å². The molecule has 0 radical (unpaired) electrons. The van der Waals surface area contributed by atoms with E-state index in [0.29, 0.717) is 0 Å². The quantitative estimate of drug-likeness (QED) is 0.135. The predicted molar refractivity (Wildman–Crippen MR) is 497 cm³/mol. The van der Waals surface area contributed by atoms with E-state index in [1.165, 1.54) is 87.8 Å². The van der Waals surface area contributed by atoms with Gasteiger partial charge in [-0.15, -0.1) is 0 Å². The molecule has 116 heavy (non-hydrogen) atoms. The van der Waals surface area contributed by atoms with Crippen molar-refractivity contribution in [1.82, 2.24) is 9.13 Å². The Morgan fingerprint density at radius 2 is 0.595 bits per heavy atom. The number of fused-ring (bicyclic) bond motifs is 13. The third-order valence-electron chi connectivity index (χ3n) is 25.1. The molecule has 2 aliphatic rings. The molecule has 0 fully saturated rings. The maximum atomic E-state index is 7.33. The van der Waals surface area contributed by atoms with Crippen LogP contribution >= 0.6 is 0 Å². The number of para-hydroxylation sites is 3. The number of rotatable bonds is 9. The summed E-state index contributed by atoms with van der Waals surface area (Å²) in [7, 11) is 0. The minimum absolute atomic E-state index is 0.0708. The second-order valence-corrected chi connectivity index (χ2v) is 37.7. The standard InChI is InChI=1S/C110H97BN4O/c1-106(2,3)73-46-54-93-86(60-73)87-61-74(107(4,5)6)47-55-94(87)112(93)78-50-52-91-97(66-78)114(103-80(69-34-22-17-23-35-69)41-30-42-81(103)70-36-24-18-25-37-70)99-64-77(110(13,14)15)65-100-102(99)111(91)92-53-51-79(113-95-56-48-75(108(7,8)9)62-88(95)89-63-76(109(10,11)12)49-57-96(89)113)67-98(92)115(100)104-85(71-38-26-19-27-39-71)58-72(68-32-20-16-21-33-68)59-90(104)84-44-31-43-83-82-40-28-29-45-101(82)116-105(83)84/h16-67H,1-15H3. The first-order chi connectivity index (χ1) is 55.7. The highest BCUT2D eigenvalue weighted by Gasteiger charge is 2.47. The van der Waals surface area contributed by atoms with Gasteiger partial charge in [-0.05, 0) is 202 Å². The number of aromatic nitrogens is 2. The van der Waals surface area contributed by atoms with Crippen molar-refractivity contribution in [3.63, 3.8) is 0 Å². The average Bonchev–Trinajstić information content (AvgIpc) is 0.806. The lowest BCUT2D eigenvalue weighted by molar-refractivity contribution is 0.590. The Labute approximate surface area is 682 Å². The SMILES string of the molecule is CC(C)(C)c1cc2c3c(c1)N(c1c(-c4ccccc4)cc(-c4ccccc4)cc1-c1cccc4c1oc1ccccc14)c1cc(-n4c5ccc(C(C)(C)C)cc5c5cc(C(C)(C)C)ccc54)ccc1B3c1ccc(-n3c4ccc(C(C)(C)C)cc4c4cc(C(C)(C)C)ccc43)cc1N2c1c(-c2ccccc2)cccc1-c1ccccc1. The molecule has 18 aromatic rings. The highest BCUT2D eigenvalue weighted by Crippen LogP contribution is 2.57. The lowest BCUT2D eigenvalue weighted by Gasteiger charge is -2.46. The summed E-state index contributed by atoms with van der Waals surface area (Å²) >= 11 is 0. The molecule has 0 unspecified atom stereocenters. The lowest BCUT2D eigenvalue weighted by atomic mass is 9.33. The molecule has 0 bridgehead atoms. The van der Waals surface area contributed by atoms with Gasteiger partial charge in [0.2, 0.25) is 0 Å². The molecule has 0 N–H and O–H groups in total. The van der Waals surface area contributed by atoms with Crippen LogP contribution in [0, 0.1) is 0 Å². The van der Waals surface area contributed by atoms with Gasteiger partial charge in [-0.3, -0.25) is 0 Å². The van der Waals surface area contributed by atoms with Crippen molar-refractivity contribution in [2.75, 3.05) is 9.80 Å². The van der Waals surface area contributed by atoms with Crippen molar-refractivity contribution in [3.05, 3.63) is 343 Å². The maximum absolute atomic E-state index is 7.33. The minimum Gasteiger partial charge on any atom is -0.455 e. The minimum atomic E-state index is -0.381. The number of benzene rings is 15. The molecule has 0 atom stereocenters. The van der Waals surface area contributed by atoms with Gasteiger partial charge in [0.05, 0.1) is 33.4 Å². The van der Waals surface area contributed by atoms with Crippen molar-refractivity contribution in [3.8, 4) is 67.0 Å². The molecule has 6 heteroatoms. The summed E-state index contributed by atoms with van der Waals surface area (Å²) in [5.41, 5.74) is 35.6. The number of hydrogen-bond donors (Lipinski definition) is 0. The first kappa shape index (κ1) is 72.3. The van der Waals surface area contributed by atoms with E-state index in [0.717, 1.165) is 123 Å². The van der Waals surface area contributed by atoms with Gasteiger partial charge in [0.1, 0.15) is 11.2 Å². The molecular formula is C110H97BN4O. The number of furan rings is 1. The second-order valence-electron chi connectivity index (χ2n) is 37.7. The van der Waals surface area contributed by atoms with E-state index in [2.05, 4.69) is 438 Å². The molecule has 5 nitrogen and oxygen atoms in total. The Kier molecular flexibility index (Phi) is 16.5. The van der Waals surface area contributed by atoms with Crippen LogP contribution in [-0.4, -0.2) is 15.8 Å². The molecule has 0 spiro atoms. The molecule has 0 saturated carbocycles. The third kappa shape index (κ3) is 11.8. The normalized spacial score (nSPS) is 13.2. The van der Waals surface area contributed by atoms with Gasteiger partial charge in [-0.2, -0.15) is 0 Å². The molecule has 3 aromatic heterocycles. The summed E-state index contributed by atoms with van der Waals surface area (Å²) in [6, 6.07) is 121. The summed E-state index contributed by atoms with van der Waals surface area (Å²) in [5, 5.41) is 7.16. The molecule has 5 heterocycles. The highest BCUT2D eigenvalue weighted by atomic mass is 16.3. The fourth-order valence-electron chi connectivity index (χ4n) is 18.8. The monoisotopic (exact) mass is 1500 g/mol.